The SMILES string of the molecule is Cn1cc(CNC(C)(C)CCO)nn1. The molecule has 0 aliphatic carbocycles. The van der Waals surface area contributed by atoms with Crippen LogP contribution in [0.5, 0.6) is 0 Å². The second kappa shape index (κ2) is 4.52. The molecular weight excluding hydrogens is 180 g/mol. The zero-order valence-electron chi connectivity index (χ0n) is 8.99. The van der Waals surface area contributed by atoms with Crippen LogP contribution in [-0.2, 0) is 13.6 Å². The Hall–Kier alpha value is -0.940. The van der Waals surface area contributed by atoms with Gasteiger partial charge in [0, 0.05) is 31.9 Å². The van der Waals surface area contributed by atoms with Crippen LogP contribution in [0.1, 0.15) is 26.0 Å². The van der Waals surface area contributed by atoms with E-state index in [2.05, 4.69) is 29.5 Å². The van der Waals surface area contributed by atoms with Gasteiger partial charge in [-0.2, -0.15) is 0 Å². The van der Waals surface area contributed by atoms with E-state index in [0.29, 0.717) is 6.54 Å². The number of aryl methyl sites for hydroxylation is 1. The highest BCUT2D eigenvalue weighted by Gasteiger charge is 2.16. The molecule has 0 bridgehead atoms. The van der Waals surface area contributed by atoms with Crippen molar-refractivity contribution in [1.82, 2.24) is 20.3 Å². The largest absolute Gasteiger partial charge is 0.396 e. The predicted molar refractivity (Wildman–Crippen MR) is 53.6 cm³/mol. The second-order valence-corrected chi connectivity index (χ2v) is 4.09. The van der Waals surface area contributed by atoms with Crippen molar-refractivity contribution in [1.29, 1.82) is 0 Å². The van der Waals surface area contributed by atoms with Crippen LogP contribution in [0.3, 0.4) is 0 Å². The summed E-state index contributed by atoms with van der Waals surface area (Å²) in [7, 11) is 1.84. The fraction of sp³-hybridized carbons (Fsp3) is 0.778. The van der Waals surface area contributed by atoms with Crippen LogP contribution < -0.4 is 5.32 Å². The van der Waals surface area contributed by atoms with E-state index in [9.17, 15) is 0 Å². The van der Waals surface area contributed by atoms with Gasteiger partial charge in [0.2, 0.25) is 0 Å². The monoisotopic (exact) mass is 198 g/mol. The third-order valence-corrected chi connectivity index (χ3v) is 2.13. The summed E-state index contributed by atoms with van der Waals surface area (Å²) in [5.41, 5.74) is 0.852. The molecule has 1 heterocycles. The molecule has 0 saturated heterocycles. The minimum atomic E-state index is -0.0632. The second-order valence-electron chi connectivity index (χ2n) is 4.09. The average molecular weight is 198 g/mol. The van der Waals surface area contributed by atoms with E-state index in [4.69, 9.17) is 5.11 Å². The zero-order valence-corrected chi connectivity index (χ0v) is 8.99. The first-order chi connectivity index (χ1) is 6.53. The summed E-state index contributed by atoms with van der Waals surface area (Å²) in [5.74, 6) is 0. The maximum Gasteiger partial charge on any atom is 0.0964 e. The highest BCUT2D eigenvalue weighted by atomic mass is 16.3. The number of nitrogens with zero attached hydrogens (tertiary/aromatic N) is 3. The van der Waals surface area contributed by atoms with Gasteiger partial charge in [0.05, 0.1) is 5.69 Å². The van der Waals surface area contributed by atoms with Gasteiger partial charge >= 0.3 is 0 Å². The van der Waals surface area contributed by atoms with Gasteiger partial charge in [-0.15, -0.1) is 5.10 Å². The van der Waals surface area contributed by atoms with Crippen LogP contribution in [-0.4, -0.2) is 32.2 Å². The van der Waals surface area contributed by atoms with Gasteiger partial charge in [0.15, 0.2) is 0 Å². The van der Waals surface area contributed by atoms with Crippen LogP contribution in [0.2, 0.25) is 0 Å². The van der Waals surface area contributed by atoms with Crippen molar-refractivity contribution in [3.05, 3.63) is 11.9 Å². The fourth-order valence-electron chi connectivity index (χ4n) is 1.17. The minimum absolute atomic E-state index is 0.0632. The third-order valence-electron chi connectivity index (χ3n) is 2.13. The summed E-state index contributed by atoms with van der Waals surface area (Å²) in [6.45, 7) is 4.99. The van der Waals surface area contributed by atoms with Crippen molar-refractivity contribution in [2.45, 2.75) is 32.4 Å². The molecule has 1 aromatic rings. The highest BCUT2D eigenvalue weighted by molar-refractivity contribution is 4.93. The smallest absolute Gasteiger partial charge is 0.0964 e. The summed E-state index contributed by atoms with van der Waals surface area (Å²) in [5, 5.41) is 20.0. The molecule has 0 aromatic carbocycles. The number of aliphatic hydroxyl groups is 1. The Bertz CT molecular complexity index is 282. The maximum absolute atomic E-state index is 8.83. The molecule has 2 N–H and O–H groups in total. The molecule has 0 aliphatic rings. The number of rotatable bonds is 5. The molecule has 0 saturated carbocycles. The van der Waals surface area contributed by atoms with E-state index in [1.54, 1.807) is 4.68 Å². The quantitative estimate of drug-likeness (QED) is 0.702. The van der Waals surface area contributed by atoms with Crippen LogP contribution in [0.25, 0.3) is 0 Å². The van der Waals surface area contributed by atoms with Crippen molar-refractivity contribution in [3.8, 4) is 0 Å². The number of nitrogens with one attached hydrogen (secondary N) is 1. The van der Waals surface area contributed by atoms with Crippen LogP contribution in [0.15, 0.2) is 6.20 Å². The molecule has 0 atom stereocenters. The molecule has 5 heteroatoms. The molecule has 0 spiro atoms. The van der Waals surface area contributed by atoms with Crippen molar-refractivity contribution >= 4 is 0 Å². The number of hydrogen-bond donors (Lipinski definition) is 2. The molecule has 0 amide bonds. The summed E-state index contributed by atoms with van der Waals surface area (Å²) in [6, 6.07) is 0. The third kappa shape index (κ3) is 3.43. The van der Waals surface area contributed by atoms with Gasteiger partial charge in [-0.1, -0.05) is 5.21 Å². The van der Waals surface area contributed by atoms with Crippen molar-refractivity contribution < 1.29 is 5.11 Å². The van der Waals surface area contributed by atoms with Gasteiger partial charge in [-0.25, -0.2) is 0 Å². The molecule has 1 aromatic heterocycles. The topological polar surface area (TPSA) is 63.0 Å². The Morgan fingerprint density at radius 1 is 1.57 bits per heavy atom. The van der Waals surface area contributed by atoms with Gasteiger partial charge in [-0.3, -0.25) is 4.68 Å². The van der Waals surface area contributed by atoms with Crippen molar-refractivity contribution in [2.75, 3.05) is 6.61 Å². The molecular formula is C9H18N4O. The van der Waals surface area contributed by atoms with E-state index in [1.165, 1.54) is 0 Å². The Morgan fingerprint density at radius 2 is 2.29 bits per heavy atom. The van der Waals surface area contributed by atoms with Gasteiger partial charge in [0.25, 0.3) is 0 Å². The lowest BCUT2D eigenvalue weighted by Crippen LogP contribution is -2.39. The lowest BCUT2D eigenvalue weighted by Gasteiger charge is -2.24. The summed E-state index contributed by atoms with van der Waals surface area (Å²) in [6.07, 6.45) is 2.61. The lowest BCUT2D eigenvalue weighted by atomic mass is 10.0. The van der Waals surface area contributed by atoms with Crippen molar-refractivity contribution in [2.24, 2.45) is 7.05 Å². The summed E-state index contributed by atoms with van der Waals surface area (Å²) >= 11 is 0. The Labute approximate surface area is 84.1 Å². The minimum Gasteiger partial charge on any atom is -0.396 e. The molecule has 0 fully saturated rings. The van der Waals surface area contributed by atoms with Gasteiger partial charge in [-0.05, 0) is 20.3 Å². The van der Waals surface area contributed by atoms with Crippen LogP contribution in [0.4, 0.5) is 0 Å². The Balaban J connectivity index is 2.40. The number of aliphatic hydroxyl groups excluding tert-OH is 1. The molecule has 1 rings (SSSR count). The van der Waals surface area contributed by atoms with E-state index in [0.717, 1.165) is 12.1 Å². The number of hydrogen-bond acceptors (Lipinski definition) is 4. The fourth-order valence-corrected chi connectivity index (χ4v) is 1.17. The van der Waals surface area contributed by atoms with Gasteiger partial charge < -0.3 is 10.4 Å². The molecule has 80 valence electrons. The maximum atomic E-state index is 8.83. The molecule has 5 nitrogen and oxygen atoms in total. The molecule has 0 radical (unpaired) electrons. The first kappa shape index (κ1) is 11.1. The van der Waals surface area contributed by atoms with E-state index < -0.39 is 0 Å². The first-order valence-corrected chi connectivity index (χ1v) is 4.74. The van der Waals surface area contributed by atoms with Gasteiger partial charge in [0.1, 0.15) is 0 Å². The Morgan fingerprint density at radius 3 is 2.79 bits per heavy atom. The van der Waals surface area contributed by atoms with Crippen molar-refractivity contribution in [3.63, 3.8) is 0 Å². The predicted octanol–water partition coefficient (Wildman–Crippen LogP) is 0.0657. The van der Waals surface area contributed by atoms with Crippen LogP contribution in [0, 0.1) is 0 Å². The molecule has 0 aliphatic heterocycles. The Kier molecular flexibility index (Phi) is 3.60. The summed E-state index contributed by atoms with van der Waals surface area (Å²) < 4.78 is 1.68. The van der Waals surface area contributed by atoms with Crippen LogP contribution >= 0.6 is 0 Å². The van der Waals surface area contributed by atoms with E-state index >= 15 is 0 Å². The normalized spacial score (nSPS) is 12.0. The van der Waals surface area contributed by atoms with E-state index in [-0.39, 0.29) is 12.1 Å². The zero-order chi connectivity index (χ0) is 10.6. The highest BCUT2D eigenvalue weighted by Crippen LogP contribution is 2.08. The molecule has 14 heavy (non-hydrogen) atoms. The lowest BCUT2D eigenvalue weighted by molar-refractivity contribution is 0.229. The summed E-state index contributed by atoms with van der Waals surface area (Å²) in [4.78, 5) is 0. The standard InChI is InChI=1S/C9H18N4O/c1-9(2,4-5-14)10-6-8-7-13(3)12-11-8/h7,10,14H,4-6H2,1-3H3. The number of aromatic nitrogens is 3. The molecule has 0 unspecified atom stereocenters. The average Bonchev–Trinajstić information content (AvgIpc) is 2.48. The van der Waals surface area contributed by atoms with E-state index in [1.807, 2.05) is 13.2 Å². The first-order valence-electron chi connectivity index (χ1n) is 4.74.